The molecule has 0 fully saturated rings. The molecule has 4 nitrogen and oxygen atoms in total. The van der Waals surface area contributed by atoms with Crippen LogP contribution in [0.2, 0.25) is 0 Å². The Labute approximate surface area is 115 Å². The van der Waals surface area contributed by atoms with Gasteiger partial charge in [-0.1, -0.05) is 15.9 Å². The number of nitrogens with one attached hydrogen (secondary N) is 1. The van der Waals surface area contributed by atoms with Crippen molar-refractivity contribution in [3.63, 3.8) is 0 Å². The summed E-state index contributed by atoms with van der Waals surface area (Å²) in [7, 11) is 0. The third-order valence-electron chi connectivity index (χ3n) is 2.23. The Morgan fingerprint density at radius 1 is 1.33 bits per heavy atom. The van der Waals surface area contributed by atoms with Gasteiger partial charge in [0.1, 0.15) is 11.8 Å². The lowest BCUT2D eigenvalue weighted by Crippen LogP contribution is -2.11. The molecule has 1 amide bonds. The number of hydrogen-bond donors (Lipinski definition) is 1. The third-order valence-corrected chi connectivity index (χ3v) is 2.79. The summed E-state index contributed by atoms with van der Waals surface area (Å²) in [5.74, 6) is 0.635. The molecule has 0 radical (unpaired) electrons. The molecule has 5 heteroatoms. The zero-order chi connectivity index (χ0) is 13.2. The van der Waals surface area contributed by atoms with Crippen molar-refractivity contribution < 1.29 is 9.53 Å². The molecular formula is C13H15BrN2O2. The van der Waals surface area contributed by atoms with Crippen LogP contribution in [0.25, 0.3) is 0 Å². The van der Waals surface area contributed by atoms with E-state index in [2.05, 4.69) is 21.2 Å². The Balaban J connectivity index is 2.38. The van der Waals surface area contributed by atoms with Crippen LogP contribution in [-0.2, 0) is 4.79 Å². The number of ether oxygens (including phenoxy) is 1. The lowest BCUT2D eigenvalue weighted by Gasteiger charge is -2.06. The van der Waals surface area contributed by atoms with Crippen molar-refractivity contribution in [2.24, 2.45) is 0 Å². The Bertz CT molecular complexity index is 412. The summed E-state index contributed by atoms with van der Waals surface area (Å²) in [6, 6.07) is 8.87. The molecule has 0 aliphatic heterocycles. The average molecular weight is 311 g/mol. The van der Waals surface area contributed by atoms with Crippen LogP contribution < -0.4 is 10.1 Å². The summed E-state index contributed by atoms with van der Waals surface area (Å²) in [6.07, 6.45) is 2.40. The van der Waals surface area contributed by atoms with E-state index in [0.717, 1.165) is 23.9 Å². The lowest BCUT2D eigenvalue weighted by molar-refractivity contribution is -0.116. The molecule has 0 aliphatic carbocycles. The molecule has 1 aromatic carbocycles. The van der Waals surface area contributed by atoms with E-state index in [1.54, 1.807) is 24.3 Å². The number of hydrogen-bond acceptors (Lipinski definition) is 3. The van der Waals surface area contributed by atoms with Crippen LogP contribution in [0.1, 0.15) is 19.3 Å². The molecule has 0 bridgehead atoms. The SMILES string of the molecule is N#CCOc1ccc(NC(=O)CCCCBr)cc1. The first-order valence-electron chi connectivity index (χ1n) is 5.72. The van der Waals surface area contributed by atoms with Gasteiger partial charge in [-0.15, -0.1) is 0 Å². The van der Waals surface area contributed by atoms with Gasteiger partial charge < -0.3 is 10.1 Å². The van der Waals surface area contributed by atoms with Crippen molar-refractivity contribution in [2.75, 3.05) is 17.3 Å². The smallest absolute Gasteiger partial charge is 0.224 e. The number of unbranched alkanes of at least 4 members (excludes halogenated alkanes) is 1. The van der Waals surface area contributed by atoms with Gasteiger partial charge in [0.25, 0.3) is 0 Å². The summed E-state index contributed by atoms with van der Waals surface area (Å²) < 4.78 is 5.12. The van der Waals surface area contributed by atoms with Gasteiger partial charge in [0.05, 0.1) is 0 Å². The largest absolute Gasteiger partial charge is 0.479 e. The van der Waals surface area contributed by atoms with Crippen LogP contribution in [0, 0.1) is 11.3 Å². The first-order valence-corrected chi connectivity index (χ1v) is 6.84. The highest BCUT2D eigenvalue weighted by atomic mass is 79.9. The number of anilines is 1. The predicted molar refractivity (Wildman–Crippen MR) is 73.8 cm³/mol. The number of nitriles is 1. The lowest BCUT2D eigenvalue weighted by atomic mass is 10.2. The fourth-order valence-corrected chi connectivity index (χ4v) is 1.75. The molecule has 0 saturated heterocycles. The van der Waals surface area contributed by atoms with Crippen molar-refractivity contribution in [1.82, 2.24) is 0 Å². The van der Waals surface area contributed by atoms with Crippen molar-refractivity contribution in [3.8, 4) is 11.8 Å². The fourth-order valence-electron chi connectivity index (χ4n) is 1.35. The molecule has 18 heavy (non-hydrogen) atoms. The number of alkyl halides is 1. The van der Waals surface area contributed by atoms with Crippen LogP contribution in [-0.4, -0.2) is 17.8 Å². The van der Waals surface area contributed by atoms with Crippen molar-refractivity contribution in [2.45, 2.75) is 19.3 Å². The predicted octanol–water partition coefficient (Wildman–Crippen LogP) is 3.09. The molecule has 0 spiro atoms. The second-order valence-electron chi connectivity index (χ2n) is 3.67. The molecule has 0 saturated carbocycles. The Morgan fingerprint density at radius 2 is 2.06 bits per heavy atom. The number of carbonyl (C=O) groups excluding carboxylic acids is 1. The topological polar surface area (TPSA) is 62.1 Å². The summed E-state index contributed by atoms with van der Waals surface area (Å²) in [5.41, 5.74) is 0.739. The second kappa shape index (κ2) is 8.54. The van der Waals surface area contributed by atoms with Gasteiger partial charge >= 0.3 is 0 Å². The zero-order valence-electron chi connectivity index (χ0n) is 9.99. The Morgan fingerprint density at radius 3 is 2.67 bits per heavy atom. The first-order chi connectivity index (χ1) is 8.76. The third kappa shape index (κ3) is 5.69. The maximum absolute atomic E-state index is 11.5. The average Bonchev–Trinajstić information content (AvgIpc) is 2.38. The van der Waals surface area contributed by atoms with E-state index in [9.17, 15) is 4.79 Å². The maximum Gasteiger partial charge on any atom is 0.224 e. The minimum atomic E-state index is 0.0154. The number of rotatable bonds is 7. The van der Waals surface area contributed by atoms with Gasteiger partial charge in [0.15, 0.2) is 6.61 Å². The number of nitrogens with zero attached hydrogens (tertiary/aromatic N) is 1. The van der Waals surface area contributed by atoms with Crippen LogP contribution in [0.3, 0.4) is 0 Å². The molecule has 0 atom stereocenters. The highest BCUT2D eigenvalue weighted by molar-refractivity contribution is 9.09. The van der Waals surface area contributed by atoms with Crippen molar-refractivity contribution in [1.29, 1.82) is 5.26 Å². The molecule has 1 N–H and O–H groups in total. The number of carbonyl (C=O) groups is 1. The van der Waals surface area contributed by atoms with E-state index in [-0.39, 0.29) is 12.5 Å². The molecule has 96 valence electrons. The highest BCUT2D eigenvalue weighted by Gasteiger charge is 2.02. The van der Waals surface area contributed by atoms with E-state index in [1.165, 1.54) is 0 Å². The summed E-state index contributed by atoms with van der Waals surface area (Å²) >= 11 is 3.33. The molecule has 0 heterocycles. The molecular weight excluding hydrogens is 296 g/mol. The quantitative estimate of drug-likeness (QED) is 0.622. The molecule has 0 aliphatic rings. The number of benzene rings is 1. The summed E-state index contributed by atoms with van der Waals surface area (Å²) in [4.78, 5) is 11.5. The molecule has 0 unspecified atom stereocenters. The van der Waals surface area contributed by atoms with E-state index in [4.69, 9.17) is 10.00 Å². The zero-order valence-corrected chi connectivity index (χ0v) is 11.6. The van der Waals surface area contributed by atoms with Gasteiger partial charge in [-0.25, -0.2) is 0 Å². The van der Waals surface area contributed by atoms with Gasteiger partial charge in [0, 0.05) is 17.4 Å². The van der Waals surface area contributed by atoms with Crippen molar-refractivity contribution in [3.05, 3.63) is 24.3 Å². The minimum Gasteiger partial charge on any atom is -0.479 e. The van der Waals surface area contributed by atoms with Gasteiger partial charge in [-0.05, 0) is 37.1 Å². The summed E-state index contributed by atoms with van der Waals surface area (Å²) in [5, 5.41) is 12.1. The van der Waals surface area contributed by atoms with Crippen LogP contribution >= 0.6 is 15.9 Å². The second-order valence-corrected chi connectivity index (χ2v) is 4.46. The van der Waals surface area contributed by atoms with Crippen LogP contribution in [0.15, 0.2) is 24.3 Å². The van der Waals surface area contributed by atoms with Crippen LogP contribution in [0.5, 0.6) is 5.75 Å². The normalized spacial score (nSPS) is 9.56. The fraction of sp³-hybridized carbons (Fsp3) is 0.385. The van der Waals surface area contributed by atoms with Crippen LogP contribution in [0.4, 0.5) is 5.69 Å². The standard InChI is InChI=1S/C13H15BrN2O2/c14-8-2-1-3-13(17)16-11-4-6-12(7-5-11)18-10-9-15/h4-7H,1-3,8,10H2,(H,16,17). The minimum absolute atomic E-state index is 0.0154. The van der Waals surface area contributed by atoms with E-state index in [0.29, 0.717) is 12.2 Å². The van der Waals surface area contributed by atoms with Gasteiger partial charge in [-0.2, -0.15) is 5.26 Å². The van der Waals surface area contributed by atoms with E-state index in [1.807, 2.05) is 6.07 Å². The maximum atomic E-state index is 11.5. The Hall–Kier alpha value is -1.54. The summed E-state index contributed by atoms with van der Waals surface area (Å²) in [6.45, 7) is 0.0260. The van der Waals surface area contributed by atoms with Gasteiger partial charge in [0.2, 0.25) is 5.91 Å². The van der Waals surface area contributed by atoms with Crippen molar-refractivity contribution >= 4 is 27.5 Å². The Kier molecular flexibility index (Phi) is 6.89. The molecule has 1 aromatic rings. The number of halogens is 1. The molecule has 1 rings (SSSR count). The van der Waals surface area contributed by atoms with E-state index >= 15 is 0 Å². The van der Waals surface area contributed by atoms with E-state index < -0.39 is 0 Å². The highest BCUT2D eigenvalue weighted by Crippen LogP contribution is 2.16. The number of amides is 1. The monoisotopic (exact) mass is 310 g/mol. The first kappa shape index (κ1) is 14.5. The van der Waals surface area contributed by atoms with Gasteiger partial charge in [-0.3, -0.25) is 4.79 Å². The molecule has 0 aromatic heterocycles.